The summed E-state index contributed by atoms with van der Waals surface area (Å²) < 4.78 is 36.4. The molecule has 0 atom stereocenters. The highest BCUT2D eigenvalue weighted by atomic mass is 19.3. The van der Waals surface area contributed by atoms with E-state index in [0.29, 0.717) is 18.9 Å². The van der Waals surface area contributed by atoms with Crippen LogP contribution in [0.4, 0.5) is 14.5 Å². The van der Waals surface area contributed by atoms with Crippen molar-refractivity contribution in [1.29, 1.82) is 0 Å². The zero-order valence-electron chi connectivity index (χ0n) is 9.36. The van der Waals surface area contributed by atoms with Gasteiger partial charge in [0, 0.05) is 18.5 Å². The Bertz CT molecular complexity index is 379. The van der Waals surface area contributed by atoms with Crippen molar-refractivity contribution in [2.24, 2.45) is 0 Å². The third-order valence-corrected chi connectivity index (χ3v) is 2.73. The van der Waals surface area contributed by atoms with E-state index in [9.17, 15) is 8.78 Å². The van der Waals surface area contributed by atoms with Crippen molar-refractivity contribution in [2.45, 2.75) is 25.4 Å². The summed E-state index contributed by atoms with van der Waals surface area (Å²) in [5.74, 6) is 0.223. The number of benzene rings is 1. The quantitative estimate of drug-likeness (QED) is 0.830. The number of hydrogen-bond donors (Lipinski definition) is 1. The number of alkyl halides is 2. The first-order valence-corrected chi connectivity index (χ1v) is 5.59. The molecule has 17 heavy (non-hydrogen) atoms. The second-order valence-electron chi connectivity index (χ2n) is 4.03. The maximum absolute atomic E-state index is 12.8. The van der Waals surface area contributed by atoms with Gasteiger partial charge in [0.25, 0.3) is 6.43 Å². The molecule has 0 bridgehead atoms. The molecule has 0 saturated carbocycles. The zero-order valence-corrected chi connectivity index (χ0v) is 9.36. The summed E-state index contributed by atoms with van der Waals surface area (Å²) in [6.45, 7) is 1.23. The van der Waals surface area contributed by atoms with Crippen molar-refractivity contribution >= 4 is 5.69 Å². The summed E-state index contributed by atoms with van der Waals surface area (Å²) in [6.07, 6.45) is -1.17. The molecular weight excluding hydrogens is 228 g/mol. The van der Waals surface area contributed by atoms with Crippen LogP contribution >= 0.6 is 0 Å². The van der Waals surface area contributed by atoms with Crippen molar-refractivity contribution in [1.82, 2.24) is 0 Å². The van der Waals surface area contributed by atoms with Crippen molar-refractivity contribution in [2.75, 3.05) is 18.9 Å². The minimum atomic E-state index is -2.58. The minimum Gasteiger partial charge on any atom is -0.490 e. The Labute approximate surface area is 98.5 Å². The fourth-order valence-corrected chi connectivity index (χ4v) is 1.82. The Hall–Kier alpha value is -1.36. The molecule has 0 radical (unpaired) electrons. The summed E-state index contributed by atoms with van der Waals surface area (Å²) in [5, 5.41) is 0. The van der Waals surface area contributed by atoms with Crippen molar-refractivity contribution in [3.05, 3.63) is 23.8 Å². The van der Waals surface area contributed by atoms with Crippen LogP contribution < -0.4 is 10.5 Å². The molecule has 0 aromatic heterocycles. The van der Waals surface area contributed by atoms with Gasteiger partial charge in [0.15, 0.2) is 0 Å². The second-order valence-corrected chi connectivity index (χ2v) is 4.03. The molecule has 2 rings (SSSR count). The lowest BCUT2D eigenvalue weighted by atomic mass is 10.1. The Kier molecular flexibility index (Phi) is 3.78. The van der Waals surface area contributed by atoms with Gasteiger partial charge in [-0.15, -0.1) is 0 Å². The van der Waals surface area contributed by atoms with Crippen molar-refractivity contribution in [3.8, 4) is 5.75 Å². The molecule has 94 valence electrons. The average molecular weight is 243 g/mol. The van der Waals surface area contributed by atoms with Gasteiger partial charge < -0.3 is 15.2 Å². The molecule has 1 saturated heterocycles. The van der Waals surface area contributed by atoms with Crippen LogP contribution in [0, 0.1) is 0 Å². The van der Waals surface area contributed by atoms with E-state index in [1.807, 2.05) is 0 Å². The number of ether oxygens (including phenoxy) is 2. The molecule has 0 spiro atoms. The van der Waals surface area contributed by atoms with E-state index in [1.165, 1.54) is 12.1 Å². The van der Waals surface area contributed by atoms with E-state index in [-0.39, 0.29) is 17.4 Å². The van der Waals surface area contributed by atoms with Gasteiger partial charge in [0.2, 0.25) is 0 Å². The fourth-order valence-electron chi connectivity index (χ4n) is 1.82. The van der Waals surface area contributed by atoms with Gasteiger partial charge in [0.05, 0.1) is 18.8 Å². The lowest BCUT2D eigenvalue weighted by molar-refractivity contribution is 0.0236. The third-order valence-electron chi connectivity index (χ3n) is 2.73. The van der Waals surface area contributed by atoms with Crippen LogP contribution in [0.3, 0.4) is 0 Å². The Morgan fingerprint density at radius 3 is 2.65 bits per heavy atom. The molecule has 1 aromatic carbocycles. The van der Waals surface area contributed by atoms with Crippen molar-refractivity contribution < 1.29 is 18.3 Å². The van der Waals surface area contributed by atoms with Gasteiger partial charge in [-0.05, 0) is 18.2 Å². The largest absolute Gasteiger partial charge is 0.490 e. The highest BCUT2D eigenvalue weighted by Crippen LogP contribution is 2.32. The number of hydrogen-bond acceptors (Lipinski definition) is 3. The van der Waals surface area contributed by atoms with E-state index in [0.717, 1.165) is 12.8 Å². The number of nitrogens with two attached hydrogens (primary N) is 1. The molecule has 0 amide bonds. The van der Waals surface area contributed by atoms with Gasteiger partial charge in [0.1, 0.15) is 11.9 Å². The second kappa shape index (κ2) is 5.31. The standard InChI is InChI=1S/C12H15F2NO2/c13-12(14)10-7-8(15)1-2-11(10)17-9-3-5-16-6-4-9/h1-2,7,9,12H,3-6,15H2. The predicted molar refractivity (Wildman–Crippen MR) is 60.3 cm³/mol. The molecule has 1 heterocycles. The Morgan fingerprint density at radius 2 is 2.00 bits per heavy atom. The lowest BCUT2D eigenvalue weighted by Crippen LogP contribution is -2.26. The first-order valence-electron chi connectivity index (χ1n) is 5.59. The Balaban J connectivity index is 2.13. The molecule has 1 aromatic rings. The maximum Gasteiger partial charge on any atom is 0.267 e. The smallest absolute Gasteiger partial charge is 0.267 e. The van der Waals surface area contributed by atoms with Crippen LogP contribution in [0.2, 0.25) is 0 Å². The minimum absolute atomic E-state index is 0.0510. The maximum atomic E-state index is 12.8. The number of halogens is 2. The molecule has 1 aliphatic heterocycles. The summed E-state index contributed by atoms with van der Waals surface area (Å²) in [6, 6.07) is 4.34. The lowest BCUT2D eigenvalue weighted by Gasteiger charge is -2.24. The van der Waals surface area contributed by atoms with Gasteiger partial charge in [-0.1, -0.05) is 0 Å². The number of nitrogen functional groups attached to an aromatic ring is 1. The summed E-state index contributed by atoms with van der Waals surface area (Å²) >= 11 is 0. The van der Waals surface area contributed by atoms with E-state index in [2.05, 4.69) is 0 Å². The monoisotopic (exact) mass is 243 g/mol. The van der Waals surface area contributed by atoms with Crippen LogP contribution in [0.15, 0.2) is 18.2 Å². The SMILES string of the molecule is Nc1ccc(OC2CCOCC2)c(C(F)F)c1. The Morgan fingerprint density at radius 1 is 1.29 bits per heavy atom. The van der Waals surface area contributed by atoms with Gasteiger partial charge in [-0.2, -0.15) is 0 Å². The molecule has 2 N–H and O–H groups in total. The molecule has 5 heteroatoms. The molecule has 1 fully saturated rings. The van der Waals surface area contributed by atoms with E-state index in [1.54, 1.807) is 6.07 Å². The molecule has 3 nitrogen and oxygen atoms in total. The number of rotatable bonds is 3. The van der Waals surface area contributed by atoms with Gasteiger partial charge in [-0.3, -0.25) is 0 Å². The number of anilines is 1. The third kappa shape index (κ3) is 3.06. The van der Waals surface area contributed by atoms with Crippen LogP contribution in [0.25, 0.3) is 0 Å². The van der Waals surface area contributed by atoms with E-state index < -0.39 is 6.43 Å². The summed E-state index contributed by atoms with van der Waals surface area (Å²) in [4.78, 5) is 0. The summed E-state index contributed by atoms with van der Waals surface area (Å²) in [7, 11) is 0. The molecule has 0 unspecified atom stereocenters. The summed E-state index contributed by atoms with van der Waals surface area (Å²) in [5.41, 5.74) is 5.67. The highest BCUT2D eigenvalue weighted by molar-refractivity contribution is 5.48. The van der Waals surface area contributed by atoms with Crippen LogP contribution in [0.1, 0.15) is 24.8 Å². The first kappa shape index (κ1) is 12.1. The van der Waals surface area contributed by atoms with Gasteiger partial charge in [-0.25, -0.2) is 8.78 Å². The zero-order chi connectivity index (χ0) is 12.3. The predicted octanol–water partition coefficient (Wildman–Crippen LogP) is 2.76. The highest BCUT2D eigenvalue weighted by Gasteiger charge is 2.20. The van der Waals surface area contributed by atoms with Crippen LogP contribution in [-0.2, 0) is 4.74 Å². The molecule has 1 aliphatic rings. The molecule has 0 aliphatic carbocycles. The fraction of sp³-hybridized carbons (Fsp3) is 0.500. The van der Waals surface area contributed by atoms with Gasteiger partial charge >= 0.3 is 0 Å². The van der Waals surface area contributed by atoms with Crippen LogP contribution in [-0.4, -0.2) is 19.3 Å². The van der Waals surface area contributed by atoms with Crippen molar-refractivity contribution in [3.63, 3.8) is 0 Å². The molecular formula is C12H15F2NO2. The normalized spacial score (nSPS) is 17.4. The van der Waals surface area contributed by atoms with E-state index >= 15 is 0 Å². The topological polar surface area (TPSA) is 44.5 Å². The van der Waals surface area contributed by atoms with Crippen LogP contribution in [0.5, 0.6) is 5.75 Å². The first-order chi connectivity index (χ1) is 8.16. The average Bonchev–Trinajstić information content (AvgIpc) is 2.32. The van der Waals surface area contributed by atoms with E-state index in [4.69, 9.17) is 15.2 Å².